The molecule has 0 aliphatic carbocycles. The molecule has 0 fully saturated rings. The normalized spacial score (nSPS) is 17.2. The number of nitrogens with zero attached hydrogens (tertiary/aromatic N) is 4. The minimum absolute atomic E-state index is 0.0735. The van der Waals surface area contributed by atoms with Gasteiger partial charge >= 0.3 is 0 Å². The maximum absolute atomic E-state index is 12.4. The van der Waals surface area contributed by atoms with Crippen LogP contribution in [0.5, 0.6) is 11.5 Å². The lowest BCUT2D eigenvalue weighted by molar-refractivity contribution is -0.131. The number of benzene rings is 4. The van der Waals surface area contributed by atoms with Gasteiger partial charge in [0, 0.05) is 37.8 Å². The van der Waals surface area contributed by atoms with E-state index >= 15 is 0 Å². The summed E-state index contributed by atoms with van der Waals surface area (Å²) in [4.78, 5) is 24.8. The van der Waals surface area contributed by atoms with Crippen molar-refractivity contribution in [2.24, 2.45) is 10.2 Å². The van der Waals surface area contributed by atoms with Crippen LogP contribution < -0.4 is 9.47 Å². The Hall–Kier alpha value is -5.24. The summed E-state index contributed by atoms with van der Waals surface area (Å²) in [5, 5.41) is 12.6. The first-order chi connectivity index (χ1) is 23.2. The number of ether oxygens (including phenoxy) is 2. The van der Waals surface area contributed by atoms with E-state index in [1.807, 2.05) is 48.5 Å². The molecule has 4 aromatic carbocycles. The maximum atomic E-state index is 12.4. The van der Waals surface area contributed by atoms with Crippen LogP contribution in [-0.4, -0.2) is 46.5 Å². The van der Waals surface area contributed by atoms with Gasteiger partial charge in [0.05, 0.1) is 36.7 Å². The summed E-state index contributed by atoms with van der Waals surface area (Å²) in [7, 11) is 0. The Morgan fingerprint density at radius 1 is 0.625 bits per heavy atom. The van der Waals surface area contributed by atoms with Crippen molar-refractivity contribution < 1.29 is 19.1 Å². The molecule has 48 heavy (non-hydrogen) atoms. The van der Waals surface area contributed by atoms with Crippen molar-refractivity contribution in [3.8, 4) is 11.5 Å². The van der Waals surface area contributed by atoms with Gasteiger partial charge in [-0.1, -0.05) is 83.9 Å². The van der Waals surface area contributed by atoms with Gasteiger partial charge in [-0.3, -0.25) is 9.59 Å². The van der Waals surface area contributed by atoms with Crippen LogP contribution in [0.2, 0.25) is 0 Å². The molecule has 2 unspecified atom stereocenters. The van der Waals surface area contributed by atoms with Crippen LogP contribution in [-0.2, 0) is 9.59 Å². The third-order valence-corrected chi connectivity index (χ3v) is 8.80. The molecule has 0 aromatic heterocycles. The molecular formula is C40H42N4O4. The minimum atomic E-state index is -0.111. The SMILES string of the molecule is CC(=O)N1N=C(c2cccc(OCCCCOc3cccc(C4=NN(C(C)=O)C(c5ccc(C)cc5)C4)c3)c2)CC1c1ccc(C)cc1. The van der Waals surface area contributed by atoms with Crippen molar-refractivity contribution in [1.29, 1.82) is 0 Å². The molecule has 2 aliphatic rings. The fourth-order valence-electron chi connectivity index (χ4n) is 6.16. The van der Waals surface area contributed by atoms with Crippen molar-refractivity contribution in [1.82, 2.24) is 10.0 Å². The lowest BCUT2D eigenvalue weighted by atomic mass is 9.97. The first kappa shape index (κ1) is 32.7. The molecule has 6 rings (SSSR count). The quantitative estimate of drug-likeness (QED) is 0.156. The topological polar surface area (TPSA) is 83.8 Å². The molecular weight excluding hydrogens is 600 g/mol. The number of unbranched alkanes of at least 4 members (excludes halogenated alkanes) is 1. The molecule has 0 spiro atoms. The summed E-state index contributed by atoms with van der Waals surface area (Å²) in [6.45, 7) is 8.35. The first-order valence-electron chi connectivity index (χ1n) is 16.6. The zero-order valence-corrected chi connectivity index (χ0v) is 28.1. The largest absolute Gasteiger partial charge is 0.494 e. The molecule has 8 nitrogen and oxygen atoms in total. The van der Waals surface area contributed by atoms with Gasteiger partial charge in [-0.25, -0.2) is 10.0 Å². The minimum Gasteiger partial charge on any atom is -0.494 e. The summed E-state index contributed by atoms with van der Waals surface area (Å²) in [5.74, 6) is 1.40. The Labute approximate surface area is 282 Å². The van der Waals surface area contributed by atoms with Crippen molar-refractivity contribution in [3.63, 3.8) is 0 Å². The van der Waals surface area contributed by atoms with E-state index in [4.69, 9.17) is 19.7 Å². The van der Waals surface area contributed by atoms with Gasteiger partial charge in [-0.05, 0) is 62.1 Å². The molecule has 246 valence electrons. The van der Waals surface area contributed by atoms with Crippen LogP contribution in [0.25, 0.3) is 0 Å². The molecule has 2 aliphatic heterocycles. The van der Waals surface area contributed by atoms with Crippen LogP contribution >= 0.6 is 0 Å². The Balaban J connectivity index is 0.990. The molecule has 0 saturated heterocycles. The molecule has 0 N–H and O–H groups in total. The van der Waals surface area contributed by atoms with Crippen LogP contribution in [0.1, 0.15) is 85.0 Å². The highest BCUT2D eigenvalue weighted by molar-refractivity contribution is 6.04. The Bertz CT molecular complexity index is 1700. The summed E-state index contributed by atoms with van der Waals surface area (Å²) < 4.78 is 12.2. The highest BCUT2D eigenvalue weighted by atomic mass is 16.5. The summed E-state index contributed by atoms with van der Waals surface area (Å²) in [5.41, 5.74) is 8.19. The van der Waals surface area contributed by atoms with Crippen molar-refractivity contribution in [3.05, 3.63) is 130 Å². The van der Waals surface area contributed by atoms with E-state index in [0.29, 0.717) is 26.1 Å². The second kappa shape index (κ2) is 14.7. The average molecular weight is 643 g/mol. The third kappa shape index (κ3) is 7.65. The molecule has 4 aromatic rings. The van der Waals surface area contributed by atoms with E-state index in [1.54, 1.807) is 23.9 Å². The molecule has 0 saturated carbocycles. The monoisotopic (exact) mass is 642 g/mol. The molecule has 0 radical (unpaired) electrons. The second-order valence-electron chi connectivity index (χ2n) is 12.5. The van der Waals surface area contributed by atoms with Crippen molar-refractivity contribution in [2.75, 3.05) is 13.2 Å². The van der Waals surface area contributed by atoms with Gasteiger partial charge in [-0.2, -0.15) is 10.2 Å². The number of aryl methyl sites for hydroxylation is 2. The van der Waals surface area contributed by atoms with E-state index in [0.717, 1.165) is 58.0 Å². The van der Waals surface area contributed by atoms with Gasteiger partial charge in [0.2, 0.25) is 11.8 Å². The fraction of sp³-hybridized carbons (Fsp3) is 0.300. The highest BCUT2D eigenvalue weighted by Gasteiger charge is 2.32. The zero-order valence-electron chi connectivity index (χ0n) is 28.1. The van der Waals surface area contributed by atoms with Gasteiger partial charge in [-0.15, -0.1) is 0 Å². The van der Waals surface area contributed by atoms with Gasteiger partial charge in [0.1, 0.15) is 11.5 Å². The van der Waals surface area contributed by atoms with E-state index in [-0.39, 0.29) is 23.9 Å². The van der Waals surface area contributed by atoms with Crippen LogP contribution in [0.15, 0.2) is 107 Å². The first-order valence-corrected chi connectivity index (χ1v) is 16.6. The number of carbonyl (C=O) groups is 2. The number of hydrogen-bond acceptors (Lipinski definition) is 6. The van der Waals surface area contributed by atoms with E-state index < -0.39 is 0 Å². The molecule has 0 bridgehead atoms. The Kier molecular flexibility index (Phi) is 9.99. The predicted octanol–water partition coefficient (Wildman–Crippen LogP) is 7.94. The maximum Gasteiger partial charge on any atom is 0.240 e. The number of hydrogen-bond donors (Lipinski definition) is 0. The molecule has 2 atom stereocenters. The number of amides is 2. The molecule has 2 heterocycles. The predicted molar refractivity (Wildman–Crippen MR) is 188 cm³/mol. The standard InChI is InChI=1S/C40H42N4O4/c1-27-13-17-31(18-14-27)39-25-37(41-43(39)29(3)45)33-9-7-11-35(23-33)47-21-5-6-22-48-36-12-8-10-34(24-36)38-26-40(44(42-38)30(4)46)32-19-15-28(2)16-20-32/h7-20,23-24,39-40H,5-6,21-22,25-26H2,1-4H3. The number of carbonyl (C=O) groups excluding carboxylic acids is 2. The lowest BCUT2D eigenvalue weighted by Crippen LogP contribution is -2.24. The molecule has 2 amide bonds. The van der Waals surface area contributed by atoms with E-state index in [9.17, 15) is 9.59 Å². The summed E-state index contributed by atoms with van der Waals surface area (Å²) in [6, 6.07) is 32.2. The fourth-order valence-corrected chi connectivity index (χ4v) is 6.16. The van der Waals surface area contributed by atoms with Gasteiger partial charge < -0.3 is 9.47 Å². The van der Waals surface area contributed by atoms with E-state index in [2.05, 4.69) is 62.4 Å². The summed E-state index contributed by atoms with van der Waals surface area (Å²) >= 11 is 0. The Morgan fingerprint density at radius 3 is 1.40 bits per heavy atom. The zero-order chi connectivity index (χ0) is 33.6. The smallest absolute Gasteiger partial charge is 0.240 e. The highest BCUT2D eigenvalue weighted by Crippen LogP contribution is 2.35. The van der Waals surface area contributed by atoms with Crippen molar-refractivity contribution >= 4 is 23.2 Å². The van der Waals surface area contributed by atoms with Crippen LogP contribution in [0.4, 0.5) is 0 Å². The van der Waals surface area contributed by atoms with Crippen LogP contribution in [0, 0.1) is 13.8 Å². The third-order valence-electron chi connectivity index (χ3n) is 8.80. The summed E-state index contributed by atoms with van der Waals surface area (Å²) in [6.07, 6.45) is 2.97. The number of rotatable bonds is 11. The van der Waals surface area contributed by atoms with Gasteiger partial charge in [0.25, 0.3) is 0 Å². The second-order valence-corrected chi connectivity index (χ2v) is 12.5. The van der Waals surface area contributed by atoms with Gasteiger partial charge in [0.15, 0.2) is 0 Å². The average Bonchev–Trinajstić information content (AvgIpc) is 3.74. The number of hydrazone groups is 2. The van der Waals surface area contributed by atoms with Crippen molar-refractivity contribution in [2.45, 2.75) is 65.5 Å². The Morgan fingerprint density at radius 2 is 1.02 bits per heavy atom. The van der Waals surface area contributed by atoms with Crippen LogP contribution in [0.3, 0.4) is 0 Å². The molecule has 8 heteroatoms. The van der Waals surface area contributed by atoms with E-state index in [1.165, 1.54) is 11.1 Å². The lowest BCUT2D eigenvalue weighted by Gasteiger charge is -2.20.